The van der Waals surface area contributed by atoms with Crippen molar-refractivity contribution in [3.05, 3.63) is 0 Å². The summed E-state index contributed by atoms with van der Waals surface area (Å²) in [6.45, 7) is 4.39. The third-order valence-corrected chi connectivity index (χ3v) is 3.45. The van der Waals surface area contributed by atoms with Gasteiger partial charge in [-0.25, -0.2) is 0 Å². The van der Waals surface area contributed by atoms with Crippen molar-refractivity contribution in [1.82, 2.24) is 0 Å². The van der Waals surface area contributed by atoms with Gasteiger partial charge in [0.25, 0.3) is 0 Å². The maximum Gasteiger partial charge on any atom is 0.309 e. The van der Waals surface area contributed by atoms with Crippen LogP contribution in [0, 0.1) is 11.3 Å². The van der Waals surface area contributed by atoms with Crippen molar-refractivity contribution in [2.75, 3.05) is 0 Å². The fraction of sp³-hybridized carbons (Fsp3) is 0.917. The van der Waals surface area contributed by atoms with Gasteiger partial charge in [-0.05, 0) is 25.2 Å². The minimum atomic E-state index is -0.557. The van der Waals surface area contributed by atoms with Crippen molar-refractivity contribution in [1.29, 1.82) is 0 Å². The van der Waals surface area contributed by atoms with E-state index >= 15 is 0 Å². The molecule has 0 bridgehead atoms. The van der Waals surface area contributed by atoms with Crippen LogP contribution < -0.4 is 0 Å². The summed E-state index contributed by atoms with van der Waals surface area (Å²) in [6.07, 6.45) is 7.14. The van der Waals surface area contributed by atoms with Crippen molar-refractivity contribution in [3.63, 3.8) is 0 Å². The first kappa shape index (κ1) is 11.5. The topological polar surface area (TPSA) is 37.3 Å². The third kappa shape index (κ3) is 2.73. The molecule has 0 aliphatic heterocycles. The van der Waals surface area contributed by atoms with Crippen LogP contribution >= 0.6 is 0 Å². The lowest BCUT2D eigenvalue weighted by atomic mass is 9.80. The Morgan fingerprint density at radius 2 is 1.93 bits per heavy atom. The Kier molecular flexibility index (Phi) is 3.97. The molecule has 0 radical (unpaired) electrons. The molecule has 0 heterocycles. The van der Waals surface area contributed by atoms with Crippen LogP contribution in [0.25, 0.3) is 0 Å². The Bertz CT molecular complexity index is 190. The first-order valence-corrected chi connectivity index (χ1v) is 5.80. The Morgan fingerprint density at radius 1 is 1.36 bits per heavy atom. The molecule has 0 amide bonds. The molecule has 2 nitrogen and oxygen atoms in total. The third-order valence-electron chi connectivity index (χ3n) is 3.45. The zero-order valence-electron chi connectivity index (χ0n) is 9.38. The maximum absolute atomic E-state index is 11.2. The van der Waals surface area contributed by atoms with E-state index in [-0.39, 0.29) is 5.41 Å². The molecule has 1 N–H and O–H groups in total. The lowest BCUT2D eigenvalue weighted by Crippen LogP contribution is -2.27. The average Bonchev–Trinajstić information content (AvgIpc) is 2.53. The number of carboxylic acid groups (broad SMARTS) is 1. The lowest BCUT2D eigenvalue weighted by molar-refractivity contribution is -0.149. The summed E-state index contributed by atoms with van der Waals surface area (Å²) in [6, 6.07) is 0. The van der Waals surface area contributed by atoms with Gasteiger partial charge in [-0.15, -0.1) is 0 Å². The number of hydrogen-bond donors (Lipinski definition) is 1. The van der Waals surface area contributed by atoms with Gasteiger partial charge in [-0.3, -0.25) is 4.79 Å². The Balaban J connectivity index is 2.40. The predicted molar refractivity (Wildman–Crippen MR) is 57.2 cm³/mol. The molecule has 14 heavy (non-hydrogen) atoms. The second kappa shape index (κ2) is 4.81. The van der Waals surface area contributed by atoms with Crippen LogP contribution in [0.15, 0.2) is 0 Å². The van der Waals surface area contributed by atoms with E-state index in [0.29, 0.717) is 5.92 Å². The van der Waals surface area contributed by atoms with Crippen molar-refractivity contribution in [3.8, 4) is 0 Å². The zero-order valence-corrected chi connectivity index (χ0v) is 9.38. The van der Waals surface area contributed by atoms with Gasteiger partial charge in [0.15, 0.2) is 0 Å². The molecule has 1 fully saturated rings. The molecule has 2 heteroatoms. The second-order valence-electron chi connectivity index (χ2n) is 5.08. The Hall–Kier alpha value is -0.530. The number of aliphatic carboxylic acids is 1. The standard InChI is InChI=1S/C12H22O2/c1-10(2)6-5-9-12(11(13)14)7-3-4-8-12/h10H,3-9H2,1-2H3,(H,13,14). The summed E-state index contributed by atoms with van der Waals surface area (Å²) >= 11 is 0. The molecule has 0 spiro atoms. The normalized spacial score (nSPS) is 20.2. The van der Waals surface area contributed by atoms with Gasteiger partial charge >= 0.3 is 5.97 Å². The highest BCUT2D eigenvalue weighted by Crippen LogP contribution is 2.42. The highest BCUT2D eigenvalue weighted by atomic mass is 16.4. The monoisotopic (exact) mass is 198 g/mol. The number of hydrogen-bond acceptors (Lipinski definition) is 1. The van der Waals surface area contributed by atoms with Crippen LogP contribution in [0.5, 0.6) is 0 Å². The molecule has 1 rings (SSSR count). The van der Waals surface area contributed by atoms with E-state index in [1.54, 1.807) is 0 Å². The SMILES string of the molecule is CC(C)CCCC1(C(=O)O)CCCC1. The van der Waals surface area contributed by atoms with Crippen LogP contribution in [-0.4, -0.2) is 11.1 Å². The zero-order chi connectivity index (χ0) is 10.6. The first-order valence-electron chi connectivity index (χ1n) is 5.80. The van der Waals surface area contributed by atoms with E-state index in [0.717, 1.165) is 44.9 Å². The number of carboxylic acids is 1. The Labute approximate surface area is 86.7 Å². The quantitative estimate of drug-likeness (QED) is 0.734. The molecular weight excluding hydrogens is 176 g/mol. The van der Waals surface area contributed by atoms with Gasteiger partial charge < -0.3 is 5.11 Å². The van der Waals surface area contributed by atoms with Crippen LogP contribution in [0.2, 0.25) is 0 Å². The van der Waals surface area contributed by atoms with Crippen molar-refractivity contribution in [2.24, 2.45) is 11.3 Å². The molecule has 1 saturated carbocycles. The van der Waals surface area contributed by atoms with E-state index in [1.807, 2.05) is 0 Å². The summed E-state index contributed by atoms with van der Waals surface area (Å²) in [5.74, 6) is 0.140. The van der Waals surface area contributed by atoms with Crippen LogP contribution in [-0.2, 0) is 4.79 Å². The maximum atomic E-state index is 11.2. The molecule has 0 aromatic rings. The van der Waals surface area contributed by atoms with E-state index in [2.05, 4.69) is 13.8 Å². The van der Waals surface area contributed by atoms with Crippen molar-refractivity contribution in [2.45, 2.75) is 58.8 Å². The fourth-order valence-corrected chi connectivity index (χ4v) is 2.47. The highest BCUT2D eigenvalue weighted by molar-refractivity contribution is 5.74. The highest BCUT2D eigenvalue weighted by Gasteiger charge is 2.40. The van der Waals surface area contributed by atoms with Gasteiger partial charge in [-0.2, -0.15) is 0 Å². The van der Waals surface area contributed by atoms with Crippen molar-refractivity contribution >= 4 is 5.97 Å². The average molecular weight is 198 g/mol. The van der Waals surface area contributed by atoms with Crippen molar-refractivity contribution < 1.29 is 9.90 Å². The lowest BCUT2D eigenvalue weighted by Gasteiger charge is -2.23. The van der Waals surface area contributed by atoms with Gasteiger partial charge in [0, 0.05) is 0 Å². The summed E-state index contributed by atoms with van der Waals surface area (Å²) in [7, 11) is 0. The largest absolute Gasteiger partial charge is 0.481 e. The molecule has 0 aromatic heterocycles. The van der Waals surface area contributed by atoms with E-state index in [4.69, 9.17) is 0 Å². The summed E-state index contributed by atoms with van der Waals surface area (Å²) in [4.78, 5) is 11.2. The minimum absolute atomic E-state index is 0.352. The van der Waals surface area contributed by atoms with Crippen LogP contribution in [0.3, 0.4) is 0 Å². The van der Waals surface area contributed by atoms with Gasteiger partial charge in [-0.1, -0.05) is 39.5 Å². The molecule has 0 saturated heterocycles. The number of carbonyl (C=O) groups is 1. The second-order valence-corrected chi connectivity index (χ2v) is 5.08. The van der Waals surface area contributed by atoms with Gasteiger partial charge in [0.2, 0.25) is 0 Å². The van der Waals surface area contributed by atoms with E-state index in [1.165, 1.54) is 0 Å². The minimum Gasteiger partial charge on any atom is -0.481 e. The van der Waals surface area contributed by atoms with Crippen LogP contribution in [0.4, 0.5) is 0 Å². The molecular formula is C12H22O2. The molecule has 1 aliphatic rings. The van der Waals surface area contributed by atoms with E-state index in [9.17, 15) is 9.90 Å². The molecule has 82 valence electrons. The molecule has 0 atom stereocenters. The van der Waals surface area contributed by atoms with Gasteiger partial charge in [0.05, 0.1) is 5.41 Å². The predicted octanol–water partition coefficient (Wildman–Crippen LogP) is 3.46. The summed E-state index contributed by atoms with van der Waals surface area (Å²) in [5, 5.41) is 9.23. The smallest absolute Gasteiger partial charge is 0.309 e. The van der Waals surface area contributed by atoms with E-state index < -0.39 is 5.97 Å². The Morgan fingerprint density at radius 3 is 2.36 bits per heavy atom. The molecule has 0 unspecified atom stereocenters. The molecule has 1 aliphatic carbocycles. The first-order chi connectivity index (χ1) is 6.57. The number of rotatable bonds is 5. The molecule has 0 aromatic carbocycles. The fourth-order valence-electron chi connectivity index (χ4n) is 2.47. The van der Waals surface area contributed by atoms with Crippen LogP contribution in [0.1, 0.15) is 58.8 Å². The summed E-state index contributed by atoms with van der Waals surface area (Å²) < 4.78 is 0. The van der Waals surface area contributed by atoms with Gasteiger partial charge in [0.1, 0.15) is 0 Å². The summed E-state index contributed by atoms with van der Waals surface area (Å²) in [5.41, 5.74) is -0.352.